The van der Waals surface area contributed by atoms with Gasteiger partial charge < -0.3 is 0 Å². The maximum Gasteiger partial charge on any atom is 0.409 e. The van der Waals surface area contributed by atoms with Crippen LogP contribution in [0, 0.1) is 0 Å². The monoisotopic (exact) mass is 212 g/mol. The number of alkyl halides is 3. The van der Waals surface area contributed by atoms with Crippen molar-refractivity contribution in [3.8, 4) is 0 Å². The second-order valence-electron chi connectivity index (χ2n) is 3.02. The van der Waals surface area contributed by atoms with E-state index in [1.54, 1.807) is 6.08 Å². The summed E-state index contributed by atoms with van der Waals surface area (Å²) >= 11 is 0. The van der Waals surface area contributed by atoms with E-state index in [-0.39, 0.29) is 6.08 Å². The Morgan fingerprint density at radius 1 is 1.00 bits per heavy atom. The summed E-state index contributed by atoms with van der Waals surface area (Å²) in [5.41, 5.74) is 1.08. The Morgan fingerprint density at radius 2 is 1.67 bits per heavy atom. The fraction of sp³-hybridized carbons (Fsp3) is 0.167. The third kappa shape index (κ3) is 5.73. The lowest BCUT2D eigenvalue weighted by Crippen LogP contribution is -1.99. The van der Waals surface area contributed by atoms with Crippen molar-refractivity contribution < 1.29 is 13.2 Å². The third-order valence-electron chi connectivity index (χ3n) is 1.73. The molecule has 0 unspecified atom stereocenters. The molecule has 80 valence electrons. The highest BCUT2D eigenvalue weighted by atomic mass is 19.4. The maximum atomic E-state index is 11.7. The van der Waals surface area contributed by atoms with Crippen LogP contribution >= 0.6 is 0 Å². The van der Waals surface area contributed by atoms with Gasteiger partial charge in [0.15, 0.2) is 0 Å². The molecule has 0 spiro atoms. The molecule has 0 amide bonds. The summed E-state index contributed by atoms with van der Waals surface area (Å²) in [5, 5.41) is 0. The number of rotatable bonds is 3. The first kappa shape index (κ1) is 11.6. The van der Waals surface area contributed by atoms with E-state index in [0.29, 0.717) is 6.42 Å². The van der Waals surface area contributed by atoms with Crippen LogP contribution in [0.2, 0.25) is 0 Å². The molecule has 0 heterocycles. The highest BCUT2D eigenvalue weighted by molar-refractivity contribution is 5.18. The van der Waals surface area contributed by atoms with Crippen molar-refractivity contribution in [3.05, 3.63) is 60.2 Å². The van der Waals surface area contributed by atoms with Crippen molar-refractivity contribution >= 4 is 0 Å². The number of hydrogen-bond acceptors (Lipinski definition) is 0. The first-order valence-corrected chi connectivity index (χ1v) is 4.53. The second-order valence-corrected chi connectivity index (χ2v) is 3.02. The van der Waals surface area contributed by atoms with Gasteiger partial charge in [-0.15, -0.1) is 0 Å². The van der Waals surface area contributed by atoms with Crippen molar-refractivity contribution in [2.24, 2.45) is 0 Å². The minimum Gasteiger partial charge on any atom is -0.167 e. The van der Waals surface area contributed by atoms with E-state index in [4.69, 9.17) is 0 Å². The van der Waals surface area contributed by atoms with Crippen LogP contribution in [0.15, 0.2) is 54.6 Å². The number of benzene rings is 1. The van der Waals surface area contributed by atoms with Gasteiger partial charge in [0.05, 0.1) is 0 Å². The van der Waals surface area contributed by atoms with Gasteiger partial charge in [0.25, 0.3) is 0 Å². The lowest BCUT2D eigenvalue weighted by atomic mass is 10.1. The van der Waals surface area contributed by atoms with Crippen molar-refractivity contribution in [1.82, 2.24) is 0 Å². The standard InChI is InChI=1S/C12H11F3/c13-12(14,15)10-6-2-5-9-11-7-3-1-4-8-11/h1-8,10H,9H2. The fourth-order valence-corrected chi connectivity index (χ4v) is 1.06. The molecule has 0 N–H and O–H groups in total. The number of halogens is 3. The summed E-state index contributed by atoms with van der Waals surface area (Å²) in [4.78, 5) is 0. The molecule has 3 heteroatoms. The van der Waals surface area contributed by atoms with E-state index < -0.39 is 6.18 Å². The zero-order valence-corrected chi connectivity index (χ0v) is 8.04. The Balaban J connectivity index is 2.38. The average molecular weight is 212 g/mol. The summed E-state index contributed by atoms with van der Waals surface area (Å²) in [7, 11) is 0. The Hall–Kier alpha value is -1.51. The minimum atomic E-state index is -4.23. The minimum absolute atomic E-state index is 0.217. The molecule has 0 aliphatic carbocycles. The van der Waals surface area contributed by atoms with Gasteiger partial charge in [-0.2, -0.15) is 13.2 Å². The van der Waals surface area contributed by atoms with Crippen molar-refractivity contribution in [2.75, 3.05) is 0 Å². The van der Waals surface area contributed by atoms with Crippen molar-refractivity contribution in [1.29, 1.82) is 0 Å². The Bertz CT molecular complexity index is 334. The molecular formula is C12H11F3. The molecule has 0 saturated carbocycles. The zero-order valence-electron chi connectivity index (χ0n) is 8.04. The molecule has 0 aromatic heterocycles. The van der Waals surface area contributed by atoms with Crippen molar-refractivity contribution in [3.63, 3.8) is 0 Å². The predicted octanol–water partition coefficient (Wildman–Crippen LogP) is 3.90. The summed E-state index contributed by atoms with van der Waals surface area (Å²) in [6.45, 7) is 0. The van der Waals surface area contributed by atoms with Crippen molar-refractivity contribution in [2.45, 2.75) is 12.6 Å². The van der Waals surface area contributed by atoms with E-state index in [9.17, 15) is 13.2 Å². The van der Waals surface area contributed by atoms with Crippen LogP contribution in [-0.4, -0.2) is 6.18 Å². The summed E-state index contributed by atoms with van der Waals surface area (Å²) in [5.74, 6) is 0. The molecule has 15 heavy (non-hydrogen) atoms. The quantitative estimate of drug-likeness (QED) is 0.666. The van der Waals surface area contributed by atoms with Crippen LogP contribution in [0.3, 0.4) is 0 Å². The van der Waals surface area contributed by atoms with E-state index in [1.807, 2.05) is 30.3 Å². The third-order valence-corrected chi connectivity index (χ3v) is 1.73. The SMILES string of the molecule is FC(F)(F)C=CC=CCc1ccccc1. The van der Waals surface area contributed by atoms with Crippen LogP contribution in [0.25, 0.3) is 0 Å². The largest absolute Gasteiger partial charge is 0.409 e. The van der Waals surface area contributed by atoms with Crippen LogP contribution in [0.5, 0.6) is 0 Å². The fourth-order valence-electron chi connectivity index (χ4n) is 1.06. The highest BCUT2D eigenvalue weighted by Crippen LogP contribution is 2.15. The molecule has 1 rings (SSSR count). The topological polar surface area (TPSA) is 0 Å². The molecular weight excluding hydrogens is 201 g/mol. The number of allylic oxidation sites excluding steroid dienone is 4. The van der Waals surface area contributed by atoms with Gasteiger partial charge >= 0.3 is 6.18 Å². The zero-order chi connectivity index (χ0) is 11.1. The second kappa shape index (κ2) is 5.39. The molecule has 0 nitrogen and oxygen atoms in total. The average Bonchev–Trinajstić information content (AvgIpc) is 2.17. The van der Waals surface area contributed by atoms with Gasteiger partial charge in [-0.3, -0.25) is 0 Å². The molecule has 0 fully saturated rings. The lowest BCUT2D eigenvalue weighted by Gasteiger charge is -1.95. The van der Waals surface area contributed by atoms with E-state index >= 15 is 0 Å². The van der Waals surface area contributed by atoms with Gasteiger partial charge in [-0.1, -0.05) is 48.6 Å². The first-order chi connectivity index (χ1) is 7.08. The van der Waals surface area contributed by atoms with Gasteiger partial charge in [0.2, 0.25) is 0 Å². The molecule has 0 saturated heterocycles. The van der Waals surface area contributed by atoms with Crippen LogP contribution in [0.1, 0.15) is 5.56 Å². The molecule has 0 aliphatic rings. The van der Waals surface area contributed by atoms with E-state index in [1.165, 1.54) is 6.08 Å². The molecule has 0 atom stereocenters. The van der Waals surface area contributed by atoms with Gasteiger partial charge in [-0.25, -0.2) is 0 Å². The lowest BCUT2D eigenvalue weighted by molar-refractivity contribution is -0.0798. The molecule has 0 aliphatic heterocycles. The Kier molecular flexibility index (Phi) is 4.16. The predicted molar refractivity (Wildman–Crippen MR) is 54.5 cm³/mol. The first-order valence-electron chi connectivity index (χ1n) is 4.53. The highest BCUT2D eigenvalue weighted by Gasteiger charge is 2.21. The summed E-state index contributed by atoms with van der Waals surface area (Å²) in [6.07, 6.45) is 0.732. The maximum absolute atomic E-state index is 11.7. The Morgan fingerprint density at radius 3 is 2.27 bits per heavy atom. The van der Waals surface area contributed by atoms with E-state index in [2.05, 4.69) is 0 Å². The van der Waals surface area contributed by atoms with Gasteiger partial charge in [0, 0.05) is 6.08 Å². The molecule has 0 radical (unpaired) electrons. The van der Waals surface area contributed by atoms with E-state index in [0.717, 1.165) is 11.6 Å². The smallest absolute Gasteiger partial charge is 0.167 e. The molecule has 0 bridgehead atoms. The van der Waals surface area contributed by atoms with Crippen LogP contribution < -0.4 is 0 Å². The van der Waals surface area contributed by atoms with Gasteiger partial charge in [0.1, 0.15) is 0 Å². The van der Waals surface area contributed by atoms with Crippen LogP contribution in [0.4, 0.5) is 13.2 Å². The molecule has 1 aromatic rings. The summed E-state index contributed by atoms with van der Waals surface area (Å²) < 4.78 is 35.1. The van der Waals surface area contributed by atoms with Gasteiger partial charge in [-0.05, 0) is 12.0 Å². The Labute approximate surface area is 86.7 Å². The van der Waals surface area contributed by atoms with Crippen LogP contribution in [-0.2, 0) is 6.42 Å². The normalized spacial score (nSPS) is 12.7. The summed E-state index contributed by atoms with van der Waals surface area (Å²) in [6, 6.07) is 9.55. The number of hydrogen-bond donors (Lipinski definition) is 0. The molecule has 1 aromatic carbocycles.